The van der Waals surface area contributed by atoms with Crippen LogP contribution in [0.2, 0.25) is 0 Å². The number of hydrogen-bond acceptors (Lipinski definition) is 7. The van der Waals surface area contributed by atoms with Gasteiger partial charge in [0, 0.05) is 12.8 Å². The molecule has 0 aromatic carbocycles. The lowest BCUT2D eigenvalue weighted by atomic mass is 9.83. The van der Waals surface area contributed by atoms with Crippen LogP contribution in [0.3, 0.4) is 0 Å². The van der Waals surface area contributed by atoms with Gasteiger partial charge in [-0.05, 0) is 13.8 Å². The molecule has 3 atom stereocenters. The van der Waals surface area contributed by atoms with E-state index >= 15 is 0 Å². The minimum atomic E-state index is -2.80. The highest BCUT2D eigenvalue weighted by atomic mass is 16.4. The number of ketones is 2. The van der Waals surface area contributed by atoms with Crippen molar-refractivity contribution >= 4 is 11.6 Å². The summed E-state index contributed by atoms with van der Waals surface area (Å²) >= 11 is 0. The molecule has 0 radical (unpaired) electrons. The predicted molar refractivity (Wildman–Crippen MR) is 60.7 cm³/mol. The van der Waals surface area contributed by atoms with Gasteiger partial charge in [-0.3, -0.25) is 9.59 Å². The first-order chi connectivity index (χ1) is 8.16. The fraction of sp³-hybridized carbons (Fsp3) is 0.818. The Bertz CT molecular complexity index is 276. The summed E-state index contributed by atoms with van der Waals surface area (Å²) in [5.74, 6) is -2.19. The van der Waals surface area contributed by atoms with Gasteiger partial charge in [-0.15, -0.1) is 0 Å². The summed E-state index contributed by atoms with van der Waals surface area (Å²) in [7, 11) is 0. The van der Waals surface area contributed by atoms with Crippen molar-refractivity contribution in [1.82, 2.24) is 0 Å². The second-order valence-electron chi connectivity index (χ2n) is 4.42. The van der Waals surface area contributed by atoms with Gasteiger partial charge in [0.05, 0.1) is 18.8 Å². The lowest BCUT2D eigenvalue weighted by Gasteiger charge is -2.30. The van der Waals surface area contributed by atoms with Crippen molar-refractivity contribution in [1.29, 1.82) is 0 Å². The maximum atomic E-state index is 11.7. The molecule has 0 aromatic rings. The second-order valence-corrected chi connectivity index (χ2v) is 4.42. The van der Waals surface area contributed by atoms with Crippen molar-refractivity contribution < 1.29 is 35.1 Å². The lowest BCUT2D eigenvalue weighted by molar-refractivity contribution is -0.168. The van der Waals surface area contributed by atoms with Gasteiger partial charge < -0.3 is 25.5 Å². The van der Waals surface area contributed by atoms with Gasteiger partial charge in [0.2, 0.25) is 5.60 Å². The van der Waals surface area contributed by atoms with Gasteiger partial charge >= 0.3 is 0 Å². The van der Waals surface area contributed by atoms with Crippen LogP contribution in [0.15, 0.2) is 0 Å². The molecule has 0 rings (SSSR count). The molecule has 0 spiro atoms. The average Bonchev–Trinajstić information content (AvgIpc) is 2.24. The van der Waals surface area contributed by atoms with E-state index in [2.05, 4.69) is 0 Å². The highest BCUT2D eigenvalue weighted by Gasteiger charge is 2.49. The van der Waals surface area contributed by atoms with Crippen molar-refractivity contribution in [3.05, 3.63) is 0 Å². The smallest absolute Gasteiger partial charge is 0.209 e. The molecule has 7 nitrogen and oxygen atoms in total. The molecule has 5 N–H and O–H groups in total. The van der Waals surface area contributed by atoms with Gasteiger partial charge in [0.1, 0.15) is 6.10 Å². The van der Waals surface area contributed by atoms with Crippen LogP contribution < -0.4 is 0 Å². The Morgan fingerprint density at radius 1 is 1.00 bits per heavy atom. The number of Topliss-reactive ketones (excluding diaryl/α,β-unsaturated/α-hetero) is 2. The Kier molecular flexibility index (Phi) is 6.58. The summed E-state index contributed by atoms with van der Waals surface area (Å²) in [6.45, 7) is 1.57. The van der Waals surface area contributed by atoms with E-state index < -0.39 is 54.9 Å². The van der Waals surface area contributed by atoms with Crippen LogP contribution in [0.4, 0.5) is 0 Å². The molecular weight excluding hydrogens is 244 g/mol. The molecule has 0 aliphatic heterocycles. The van der Waals surface area contributed by atoms with Crippen molar-refractivity contribution in [2.45, 2.75) is 50.6 Å². The van der Waals surface area contributed by atoms with Crippen LogP contribution in [0.25, 0.3) is 0 Å². The standard InChI is InChI=1S/C11H20O7/c1-6(13)3-8(15)11(18,10(17)5-12)9(16)4-7(2)14/h6-7,10,12-14,17-18H,3-5H2,1-2H3. The van der Waals surface area contributed by atoms with Gasteiger partial charge in [-0.2, -0.15) is 0 Å². The van der Waals surface area contributed by atoms with Crippen LogP contribution in [0.1, 0.15) is 26.7 Å². The summed E-state index contributed by atoms with van der Waals surface area (Å²) in [5, 5.41) is 46.4. The van der Waals surface area contributed by atoms with Crippen LogP contribution >= 0.6 is 0 Å². The fourth-order valence-corrected chi connectivity index (χ4v) is 1.51. The summed E-state index contributed by atoms with van der Waals surface area (Å²) in [6, 6.07) is 0. The zero-order valence-electron chi connectivity index (χ0n) is 10.4. The molecular formula is C11H20O7. The quantitative estimate of drug-likeness (QED) is 0.312. The molecule has 0 aromatic heterocycles. The first-order valence-electron chi connectivity index (χ1n) is 5.60. The van der Waals surface area contributed by atoms with Crippen LogP contribution in [-0.4, -0.2) is 67.6 Å². The summed E-state index contributed by atoms with van der Waals surface area (Å²) in [4.78, 5) is 23.4. The number of carbonyl (C=O) groups excluding carboxylic acids is 2. The van der Waals surface area contributed by atoms with Crippen LogP contribution in [-0.2, 0) is 9.59 Å². The molecule has 0 aliphatic rings. The van der Waals surface area contributed by atoms with Crippen molar-refractivity contribution in [2.24, 2.45) is 0 Å². The molecule has 0 fully saturated rings. The minimum absolute atomic E-state index is 0.543. The highest BCUT2D eigenvalue weighted by molar-refractivity contribution is 6.11. The molecule has 0 bridgehead atoms. The van der Waals surface area contributed by atoms with E-state index in [1.165, 1.54) is 13.8 Å². The monoisotopic (exact) mass is 264 g/mol. The van der Waals surface area contributed by atoms with Gasteiger partial charge in [0.15, 0.2) is 11.6 Å². The maximum absolute atomic E-state index is 11.7. The Labute approximate surface area is 105 Å². The first kappa shape index (κ1) is 17.1. The molecule has 18 heavy (non-hydrogen) atoms. The van der Waals surface area contributed by atoms with E-state index in [9.17, 15) is 19.8 Å². The molecule has 0 aliphatic carbocycles. The second kappa shape index (κ2) is 6.91. The third-order valence-electron chi connectivity index (χ3n) is 2.47. The van der Waals surface area contributed by atoms with Gasteiger partial charge in [0.25, 0.3) is 0 Å². The number of aliphatic hydroxyl groups excluding tert-OH is 4. The van der Waals surface area contributed by atoms with E-state index in [0.717, 1.165) is 0 Å². The van der Waals surface area contributed by atoms with Gasteiger partial charge in [-0.1, -0.05) is 0 Å². The van der Waals surface area contributed by atoms with Crippen molar-refractivity contribution in [3.8, 4) is 0 Å². The molecule has 3 unspecified atom stereocenters. The molecule has 0 heterocycles. The molecule has 7 heteroatoms. The molecule has 0 saturated heterocycles. The summed E-state index contributed by atoms with van der Waals surface area (Å²) < 4.78 is 0. The zero-order valence-corrected chi connectivity index (χ0v) is 10.4. The van der Waals surface area contributed by atoms with Crippen molar-refractivity contribution in [2.75, 3.05) is 6.61 Å². The normalized spacial score (nSPS) is 19.7. The Balaban J connectivity index is 5.17. The van der Waals surface area contributed by atoms with E-state index in [-0.39, 0.29) is 0 Å². The number of aliphatic hydroxyl groups is 5. The number of rotatable bonds is 8. The largest absolute Gasteiger partial charge is 0.394 e. The van der Waals surface area contributed by atoms with E-state index in [1.54, 1.807) is 0 Å². The maximum Gasteiger partial charge on any atom is 0.209 e. The average molecular weight is 264 g/mol. The van der Waals surface area contributed by atoms with E-state index in [0.29, 0.717) is 0 Å². The summed E-state index contributed by atoms with van der Waals surface area (Å²) in [6.07, 6.45) is -5.28. The molecule has 0 amide bonds. The van der Waals surface area contributed by atoms with Crippen LogP contribution in [0.5, 0.6) is 0 Å². The Hall–Kier alpha value is -0.860. The van der Waals surface area contributed by atoms with Gasteiger partial charge in [-0.25, -0.2) is 0 Å². The fourth-order valence-electron chi connectivity index (χ4n) is 1.51. The van der Waals surface area contributed by atoms with Crippen LogP contribution in [0, 0.1) is 0 Å². The van der Waals surface area contributed by atoms with Crippen molar-refractivity contribution in [3.63, 3.8) is 0 Å². The molecule has 0 saturated carbocycles. The molecule has 106 valence electrons. The minimum Gasteiger partial charge on any atom is -0.394 e. The topological polar surface area (TPSA) is 135 Å². The third kappa shape index (κ3) is 4.11. The summed E-state index contributed by atoms with van der Waals surface area (Å²) in [5.41, 5.74) is -2.80. The van der Waals surface area contributed by atoms with E-state index in [1.807, 2.05) is 0 Å². The SMILES string of the molecule is CC(O)CC(=O)C(O)(C(=O)CC(C)O)C(O)CO. The first-order valence-corrected chi connectivity index (χ1v) is 5.60. The highest BCUT2D eigenvalue weighted by Crippen LogP contribution is 2.20. The predicted octanol–water partition coefficient (Wildman–Crippen LogP) is -2.25. The Morgan fingerprint density at radius 2 is 1.33 bits per heavy atom. The third-order valence-corrected chi connectivity index (χ3v) is 2.47. The lowest BCUT2D eigenvalue weighted by Crippen LogP contribution is -2.58. The number of carbonyl (C=O) groups is 2. The zero-order chi connectivity index (χ0) is 14.5. The number of hydrogen-bond donors (Lipinski definition) is 5. The van der Waals surface area contributed by atoms with E-state index in [4.69, 9.17) is 15.3 Å². The Morgan fingerprint density at radius 3 is 1.56 bits per heavy atom.